The Morgan fingerprint density at radius 3 is 2.48 bits per heavy atom. The predicted molar refractivity (Wildman–Crippen MR) is 90.3 cm³/mol. The van der Waals surface area contributed by atoms with E-state index in [1.807, 2.05) is 25.1 Å². The van der Waals surface area contributed by atoms with Crippen LogP contribution in [0.4, 0.5) is 0 Å². The third-order valence-corrected chi connectivity index (χ3v) is 5.16. The number of carbonyl (C=O) groups excluding carboxylic acids is 2. The van der Waals surface area contributed by atoms with Crippen LogP contribution in [0.3, 0.4) is 0 Å². The second kappa shape index (κ2) is 7.25. The van der Waals surface area contributed by atoms with E-state index < -0.39 is 5.97 Å². The van der Waals surface area contributed by atoms with Gasteiger partial charge in [-0.15, -0.1) is 0 Å². The molecular weight excluding hydrogens is 322 g/mol. The number of ether oxygens (including phenoxy) is 1. The van der Waals surface area contributed by atoms with Gasteiger partial charge in [0, 0.05) is 6.42 Å². The maximum Gasteiger partial charge on any atom is 0.306 e. The summed E-state index contributed by atoms with van der Waals surface area (Å²) in [6.07, 6.45) is 3.71. The van der Waals surface area contributed by atoms with Crippen LogP contribution in [0.25, 0.3) is 0 Å². The van der Waals surface area contributed by atoms with E-state index in [1.54, 1.807) is 0 Å². The van der Waals surface area contributed by atoms with Gasteiger partial charge in [-0.05, 0) is 56.2 Å². The molecule has 1 aliphatic carbocycles. The molecule has 1 saturated heterocycles. The Hall–Kier alpha value is -2.37. The number of carboxylic acids is 1. The van der Waals surface area contributed by atoms with Crippen LogP contribution < -0.4 is 10.1 Å². The Kier molecular flexibility index (Phi) is 5.06. The van der Waals surface area contributed by atoms with Crippen LogP contribution in [0.15, 0.2) is 18.2 Å². The van der Waals surface area contributed by atoms with E-state index in [9.17, 15) is 14.4 Å². The highest BCUT2D eigenvalue weighted by Gasteiger charge is 2.29. The smallest absolute Gasteiger partial charge is 0.306 e. The molecule has 1 unspecified atom stereocenters. The Labute approximate surface area is 146 Å². The first-order valence-corrected chi connectivity index (χ1v) is 8.77. The number of imide groups is 1. The van der Waals surface area contributed by atoms with Gasteiger partial charge in [0.15, 0.2) is 0 Å². The molecule has 25 heavy (non-hydrogen) atoms. The van der Waals surface area contributed by atoms with E-state index >= 15 is 0 Å². The molecule has 0 aromatic heterocycles. The number of hydrogen-bond acceptors (Lipinski definition) is 4. The minimum atomic E-state index is -0.719. The standard InChI is InChI=1S/C19H23NO5/c1-11-10-13(15-7-9-17(21)20-18(15)22)4-8-16(11)25-14-5-2-12(3-6-14)19(23)24/h4,8,10,12,14-15H,2-3,5-7,9H2,1H3,(H,23,24)(H,20,21,22)/t12-,14-,15?. The molecule has 0 bridgehead atoms. The van der Waals surface area contributed by atoms with Gasteiger partial charge >= 0.3 is 5.97 Å². The SMILES string of the molecule is Cc1cc(C2CCC(=O)NC2=O)ccc1O[C@H]1CC[C@H](C(=O)O)CC1. The number of benzene rings is 1. The van der Waals surface area contributed by atoms with Crippen molar-refractivity contribution in [3.8, 4) is 5.75 Å². The highest BCUT2D eigenvalue weighted by molar-refractivity contribution is 6.00. The van der Waals surface area contributed by atoms with Gasteiger partial charge in [-0.2, -0.15) is 0 Å². The molecule has 2 aliphatic rings. The first kappa shape index (κ1) is 17.5. The van der Waals surface area contributed by atoms with Crippen LogP contribution in [-0.2, 0) is 14.4 Å². The Morgan fingerprint density at radius 2 is 1.88 bits per heavy atom. The van der Waals surface area contributed by atoms with Crippen molar-refractivity contribution in [1.29, 1.82) is 0 Å². The molecule has 0 spiro atoms. The summed E-state index contributed by atoms with van der Waals surface area (Å²) in [6, 6.07) is 5.70. The molecule has 6 nitrogen and oxygen atoms in total. The van der Waals surface area contributed by atoms with E-state index in [1.165, 1.54) is 0 Å². The minimum Gasteiger partial charge on any atom is -0.490 e. The Bertz CT molecular complexity index is 691. The third kappa shape index (κ3) is 4.00. The van der Waals surface area contributed by atoms with E-state index in [2.05, 4.69) is 5.32 Å². The normalized spacial score (nSPS) is 26.8. The summed E-state index contributed by atoms with van der Waals surface area (Å²) in [4.78, 5) is 34.3. The van der Waals surface area contributed by atoms with Crippen LogP contribution in [0.1, 0.15) is 55.6 Å². The molecular formula is C19H23NO5. The minimum absolute atomic E-state index is 0.0377. The lowest BCUT2D eigenvalue weighted by Gasteiger charge is -2.28. The molecule has 1 heterocycles. The second-order valence-electron chi connectivity index (χ2n) is 6.96. The lowest BCUT2D eigenvalue weighted by atomic mass is 9.87. The molecule has 1 atom stereocenters. The van der Waals surface area contributed by atoms with Crippen molar-refractivity contribution in [3.63, 3.8) is 0 Å². The fourth-order valence-corrected chi connectivity index (χ4v) is 3.64. The monoisotopic (exact) mass is 345 g/mol. The van der Waals surface area contributed by atoms with Crippen molar-refractivity contribution in [2.75, 3.05) is 0 Å². The summed E-state index contributed by atoms with van der Waals surface area (Å²) in [5.74, 6) is -0.948. The first-order chi connectivity index (χ1) is 11.9. The maximum atomic E-state index is 12.0. The van der Waals surface area contributed by atoms with Gasteiger partial charge in [0.2, 0.25) is 11.8 Å². The largest absolute Gasteiger partial charge is 0.490 e. The highest BCUT2D eigenvalue weighted by atomic mass is 16.5. The van der Waals surface area contributed by atoms with Crippen molar-refractivity contribution >= 4 is 17.8 Å². The molecule has 6 heteroatoms. The molecule has 1 saturated carbocycles. The Balaban J connectivity index is 1.64. The average Bonchev–Trinajstić information content (AvgIpc) is 2.57. The number of hydrogen-bond donors (Lipinski definition) is 2. The molecule has 134 valence electrons. The quantitative estimate of drug-likeness (QED) is 0.818. The van der Waals surface area contributed by atoms with Crippen LogP contribution in [0.2, 0.25) is 0 Å². The lowest BCUT2D eigenvalue weighted by Crippen LogP contribution is -2.39. The summed E-state index contributed by atoms with van der Waals surface area (Å²) < 4.78 is 6.05. The first-order valence-electron chi connectivity index (χ1n) is 8.77. The number of aliphatic carboxylic acids is 1. The predicted octanol–water partition coefficient (Wildman–Crippen LogP) is 2.54. The molecule has 0 radical (unpaired) electrons. The van der Waals surface area contributed by atoms with Gasteiger partial charge < -0.3 is 9.84 Å². The molecule has 2 amide bonds. The zero-order valence-corrected chi connectivity index (χ0v) is 14.3. The number of carboxylic acid groups (broad SMARTS) is 1. The summed E-state index contributed by atoms with van der Waals surface area (Å²) in [6.45, 7) is 1.94. The molecule has 1 aromatic rings. The summed E-state index contributed by atoms with van der Waals surface area (Å²) >= 11 is 0. The van der Waals surface area contributed by atoms with Crippen molar-refractivity contribution in [2.45, 2.75) is 57.5 Å². The fraction of sp³-hybridized carbons (Fsp3) is 0.526. The molecule has 1 aliphatic heterocycles. The number of carbonyl (C=O) groups is 3. The van der Waals surface area contributed by atoms with Gasteiger partial charge in [-0.1, -0.05) is 12.1 Å². The van der Waals surface area contributed by atoms with Crippen LogP contribution in [-0.4, -0.2) is 29.0 Å². The van der Waals surface area contributed by atoms with Crippen molar-refractivity contribution in [3.05, 3.63) is 29.3 Å². The van der Waals surface area contributed by atoms with Crippen molar-refractivity contribution < 1.29 is 24.2 Å². The van der Waals surface area contributed by atoms with Gasteiger partial charge in [0.1, 0.15) is 5.75 Å². The highest BCUT2D eigenvalue weighted by Crippen LogP contribution is 2.32. The molecule has 2 N–H and O–H groups in total. The van der Waals surface area contributed by atoms with Gasteiger partial charge in [0.05, 0.1) is 17.9 Å². The van der Waals surface area contributed by atoms with Gasteiger partial charge in [-0.25, -0.2) is 0 Å². The van der Waals surface area contributed by atoms with E-state index in [-0.39, 0.29) is 29.8 Å². The molecule has 1 aromatic carbocycles. The summed E-state index contributed by atoms with van der Waals surface area (Å²) in [5.41, 5.74) is 1.84. The molecule has 2 fully saturated rings. The van der Waals surface area contributed by atoms with Crippen molar-refractivity contribution in [2.24, 2.45) is 5.92 Å². The van der Waals surface area contributed by atoms with E-state index in [4.69, 9.17) is 9.84 Å². The van der Waals surface area contributed by atoms with E-state index in [0.29, 0.717) is 25.7 Å². The zero-order chi connectivity index (χ0) is 18.0. The van der Waals surface area contributed by atoms with Crippen LogP contribution in [0, 0.1) is 12.8 Å². The maximum absolute atomic E-state index is 12.0. The number of nitrogens with one attached hydrogen (secondary N) is 1. The fourth-order valence-electron chi connectivity index (χ4n) is 3.64. The summed E-state index contributed by atoms with van der Waals surface area (Å²) in [7, 11) is 0. The molecule has 3 rings (SSSR count). The number of piperidine rings is 1. The Morgan fingerprint density at radius 1 is 1.16 bits per heavy atom. The van der Waals surface area contributed by atoms with Crippen LogP contribution in [0.5, 0.6) is 5.75 Å². The number of aryl methyl sites for hydroxylation is 1. The average molecular weight is 345 g/mol. The lowest BCUT2D eigenvalue weighted by molar-refractivity contribution is -0.143. The van der Waals surface area contributed by atoms with Gasteiger partial charge in [0.25, 0.3) is 0 Å². The zero-order valence-electron chi connectivity index (χ0n) is 14.3. The summed E-state index contributed by atoms with van der Waals surface area (Å²) in [5, 5.41) is 11.4. The van der Waals surface area contributed by atoms with E-state index in [0.717, 1.165) is 29.7 Å². The number of rotatable bonds is 4. The topological polar surface area (TPSA) is 92.7 Å². The van der Waals surface area contributed by atoms with Crippen LogP contribution >= 0.6 is 0 Å². The van der Waals surface area contributed by atoms with Crippen molar-refractivity contribution in [1.82, 2.24) is 5.32 Å². The second-order valence-corrected chi connectivity index (χ2v) is 6.96. The number of amides is 2. The van der Waals surface area contributed by atoms with Gasteiger partial charge in [-0.3, -0.25) is 19.7 Å². The third-order valence-electron chi connectivity index (χ3n) is 5.16.